The van der Waals surface area contributed by atoms with Crippen molar-refractivity contribution in [1.82, 2.24) is 4.57 Å². The van der Waals surface area contributed by atoms with Gasteiger partial charge in [-0.25, -0.2) is 0 Å². The van der Waals surface area contributed by atoms with Crippen LogP contribution in [0.1, 0.15) is 32.6 Å². The SMILES string of the molecule is CCn1c2ccccc2c2cc(NC[C@H]3CC[C@H](N)CC3)ccc21. The van der Waals surface area contributed by atoms with Gasteiger partial charge in [0.2, 0.25) is 0 Å². The molecular weight excluding hydrogens is 294 g/mol. The monoisotopic (exact) mass is 321 g/mol. The predicted molar refractivity (Wildman–Crippen MR) is 104 cm³/mol. The van der Waals surface area contributed by atoms with Gasteiger partial charge in [-0.3, -0.25) is 0 Å². The number of aryl methyl sites for hydroxylation is 1. The second kappa shape index (κ2) is 6.48. The highest BCUT2D eigenvalue weighted by Gasteiger charge is 2.18. The Hall–Kier alpha value is -2.00. The van der Waals surface area contributed by atoms with E-state index in [2.05, 4.69) is 59.3 Å². The topological polar surface area (TPSA) is 43.0 Å². The van der Waals surface area contributed by atoms with Crippen molar-refractivity contribution in [3.63, 3.8) is 0 Å². The predicted octanol–water partition coefficient (Wildman–Crippen LogP) is 4.74. The van der Waals surface area contributed by atoms with E-state index in [4.69, 9.17) is 5.73 Å². The van der Waals surface area contributed by atoms with Gasteiger partial charge in [0.25, 0.3) is 0 Å². The van der Waals surface area contributed by atoms with E-state index in [-0.39, 0.29) is 0 Å². The first-order valence-corrected chi connectivity index (χ1v) is 9.26. The summed E-state index contributed by atoms with van der Waals surface area (Å²) >= 11 is 0. The summed E-state index contributed by atoms with van der Waals surface area (Å²) in [5.74, 6) is 0.762. The summed E-state index contributed by atoms with van der Waals surface area (Å²) in [6.07, 6.45) is 4.86. The number of fused-ring (bicyclic) bond motifs is 3. The summed E-state index contributed by atoms with van der Waals surface area (Å²) in [4.78, 5) is 0. The number of nitrogens with zero attached hydrogens (tertiary/aromatic N) is 1. The van der Waals surface area contributed by atoms with E-state index >= 15 is 0 Å². The molecule has 0 aliphatic heterocycles. The standard InChI is InChI=1S/C21H27N3/c1-2-24-20-6-4-3-5-18(20)19-13-17(11-12-21(19)24)23-14-15-7-9-16(22)10-8-15/h3-6,11-13,15-16,23H,2,7-10,14,22H2,1H3/t15-,16-. The molecule has 1 fully saturated rings. The molecule has 1 aliphatic carbocycles. The normalized spacial score (nSPS) is 21.4. The first kappa shape index (κ1) is 15.5. The highest BCUT2D eigenvalue weighted by Crippen LogP contribution is 2.31. The number of hydrogen-bond donors (Lipinski definition) is 2. The van der Waals surface area contributed by atoms with Crippen LogP contribution in [-0.2, 0) is 6.54 Å². The van der Waals surface area contributed by atoms with Gasteiger partial charge in [-0.2, -0.15) is 0 Å². The van der Waals surface area contributed by atoms with Crippen LogP contribution in [-0.4, -0.2) is 17.2 Å². The van der Waals surface area contributed by atoms with Gasteiger partial charge in [0.05, 0.1) is 0 Å². The van der Waals surface area contributed by atoms with Crippen LogP contribution in [0.2, 0.25) is 0 Å². The van der Waals surface area contributed by atoms with Crippen molar-refractivity contribution >= 4 is 27.5 Å². The van der Waals surface area contributed by atoms with E-state index in [0.717, 1.165) is 19.0 Å². The average molecular weight is 321 g/mol. The summed E-state index contributed by atoms with van der Waals surface area (Å²) in [5.41, 5.74) is 9.90. The minimum atomic E-state index is 0.428. The molecule has 4 rings (SSSR count). The Kier molecular flexibility index (Phi) is 4.19. The van der Waals surface area contributed by atoms with Gasteiger partial charge in [0.1, 0.15) is 0 Å². The molecule has 1 heterocycles. The molecule has 0 unspecified atom stereocenters. The number of nitrogens with one attached hydrogen (secondary N) is 1. The van der Waals surface area contributed by atoms with Crippen LogP contribution >= 0.6 is 0 Å². The second-order valence-corrected chi connectivity index (χ2v) is 7.16. The Morgan fingerprint density at radius 2 is 1.75 bits per heavy atom. The fraction of sp³-hybridized carbons (Fsp3) is 0.429. The summed E-state index contributed by atoms with van der Waals surface area (Å²) in [6.45, 7) is 4.27. The molecule has 3 aromatic rings. The van der Waals surface area contributed by atoms with Gasteiger partial charge in [-0.15, -0.1) is 0 Å². The minimum Gasteiger partial charge on any atom is -0.385 e. The quantitative estimate of drug-likeness (QED) is 0.728. The maximum atomic E-state index is 6.01. The Morgan fingerprint density at radius 1 is 1.00 bits per heavy atom. The maximum absolute atomic E-state index is 6.01. The van der Waals surface area contributed by atoms with Crippen LogP contribution < -0.4 is 11.1 Å². The zero-order chi connectivity index (χ0) is 16.5. The number of nitrogens with two attached hydrogens (primary N) is 1. The Labute approximate surface area is 143 Å². The van der Waals surface area contributed by atoms with Crippen LogP contribution in [0.25, 0.3) is 21.8 Å². The van der Waals surface area contributed by atoms with E-state index in [1.54, 1.807) is 0 Å². The molecule has 0 bridgehead atoms. The third-order valence-corrected chi connectivity index (χ3v) is 5.57. The largest absolute Gasteiger partial charge is 0.385 e. The Bertz CT molecular complexity index is 841. The zero-order valence-corrected chi connectivity index (χ0v) is 14.5. The molecule has 0 radical (unpaired) electrons. The van der Waals surface area contributed by atoms with Gasteiger partial charge in [0, 0.05) is 46.6 Å². The van der Waals surface area contributed by atoms with Gasteiger partial charge >= 0.3 is 0 Å². The van der Waals surface area contributed by atoms with Crippen molar-refractivity contribution in [3.05, 3.63) is 42.5 Å². The molecule has 1 aromatic heterocycles. The smallest absolute Gasteiger partial charge is 0.0492 e. The van der Waals surface area contributed by atoms with Crippen molar-refractivity contribution in [1.29, 1.82) is 0 Å². The molecule has 1 saturated carbocycles. The molecule has 126 valence electrons. The van der Waals surface area contributed by atoms with Gasteiger partial charge < -0.3 is 15.6 Å². The fourth-order valence-corrected chi connectivity index (χ4v) is 4.16. The first-order chi connectivity index (χ1) is 11.8. The van der Waals surface area contributed by atoms with E-state index in [1.807, 2.05) is 0 Å². The van der Waals surface area contributed by atoms with Crippen molar-refractivity contribution in [3.8, 4) is 0 Å². The highest BCUT2D eigenvalue weighted by atomic mass is 15.0. The van der Waals surface area contributed by atoms with Crippen molar-refractivity contribution in [2.75, 3.05) is 11.9 Å². The van der Waals surface area contributed by atoms with Crippen LogP contribution in [0.3, 0.4) is 0 Å². The molecule has 3 heteroatoms. The highest BCUT2D eigenvalue weighted by molar-refractivity contribution is 6.09. The second-order valence-electron chi connectivity index (χ2n) is 7.16. The molecule has 3 N–H and O–H groups in total. The summed E-state index contributed by atoms with van der Waals surface area (Å²) in [7, 11) is 0. The average Bonchev–Trinajstić information content (AvgIpc) is 2.94. The Balaban J connectivity index is 1.60. The molecule has 0 saturated heterocycles. The minimum absolute atomic E-state index is 0.428. The summed E-state index contributed by atoms with van der Waals surface area (Å²) < 4.78 is 2.40. The van der Waals surface area contributed by atoms with Crippen LogP contribution in [0.15, 0.2) is 42.5 Å². The lowest BCUT2D eigenvalue weighted by molar-refractivity contribution is 0.339. The molecule has 0 atom stereocenters. The Morgan fingerprint density at radius 3 is 2.54 bits per heavy atom. The third kappa shape index (κ3) is 2.78. The number of para-hydroxylation sites is 1. The number of hydrogen-bond acceptors (Lipinski definition) is 2. The number of rotatable bonds is 4. The van der Waals surface area contributed by atoms with Crippen molar-refractivity contribution < 1.29 is 0 Å². The summed E-state index contributed by atoms with van der Waals surface area (Å²) in [5, 5.41) is 6.36. The van der Waals surface area contributed by atoms with E-state index < -0.39 is 0 Å². The van der Waals surface area contributed by atoms with Crippen LogP contribution in [0.4, 0.5) is 5.69 Å². The molecule has 3 nitrogen and oxygen atoms in total. The molecule has 24 heavy (non-hydrogen) atoms. The van der Waals surface area contributed by atoms with E-state index in [1.165, 1.54) is 53.2 Å². The van der Waals surface area contributed by atoms with Crippen molar-refractivity contribution in [2.45, 2.75) is 45.2 Å². The lowest BCUT2D eigenvalue weighted by Gasteiger charge is -2.26. The molecule has 1 aliphatic rings. The molecule has 0 spiro atoms. The van der Waals surface area contributed by atoms with Crippen molar-refractivity contribution in [2.24, 2.45) is 11.7 Å². The fourth-order valence-electron chi connectivity index (χ4n) is 4.16. The van der Waals surface area contributed by atoms with E-state index in [0.29, 0.717) is 6.04 Å². The molecular formula is C21H27N3. The zero-order valence-electron chi connectivity index (χ0n) is 14.5. The summed E-state index contributed by atoms with van der Waals surface area (Å²) in [6, 6.07) is 15.9. The van der Waals surface area contributed by atoms with E-state index in [9.17, 15) is 0 Å². The van der Waals surface area contributed by atoms with Crippen LogP contribution in [0.5, 0.6) is 0 Å². The lowest BCUT2D eigenvalue weighted by Crippen LogP contribution is -2.29. The van der Waals surface area contributed by atoms with Gasteiger partial charge in [-0.1, -0.05) is 18.2 Å². The van der Waals surface area contributed by atoms with Gasteiger partial charge in [-0.05, 0) is 62.8 Å². The number of benzene rings is 2. The number of anilines is 1. The lowest BCUT2D eigenvalue weighted by atomic mass is 9.86. The third-order valence-electron chi connectivity index (χ3n) is 5.57. The maximum Gasteiger partial charge on any atom is 0.0492 e. The van der Waals surface area contributed by atoms with Crippen LogP contribution in [0, 0.1) is 5.92 Å². The number of aromatic nitrogens is 1. The molecule has 0 amide bonds. The molecule has 2 aromatic carbocycles. The van der Waals surface area contributed by atoms with Gasteiger partial charge in [0.15, 0.2) is 0 Å². The first-order valence-electron chi connectivity index (χ1n) is 9.26.